The minimum atomic E-state index is 0.490. The van der Waals surface area contributed by atoms with Crippen molar-refractivity contribution in [3.63, 3.8) is 0 Å². The van der Waals surface area contributed by atoms with Crippen molar-refractivity contribution in [3.8, 4) is 6.07 Å². The number of nitriles is 1. The fourth-order valence-corrected chi connectivity index (χ4v) is 3.05. The molecule has 0 bridgehead atoms. The smallest absolute Gasteiger partial charge is 0.0992 e. The van der Waals surface area contributed by atoms with Crippen molar-refractivity contribution in [2.24, 2.45) is 0 Å². The molecule has 1 fully saturated rings. The van der Waals surface area contributed by atoms with E-state index < -0.39 is 0 Å². The molecule has 1 aromatic rings. The van der Waals surface area contributed by atoms with E-state index in [0.29, 0.717) is 11.6 Å². The quantitative estimate of drug-likeness (QED) is 0.806. The van der Waals surface area contributed by atoms with Crippen molar-refractivity contribution in [3.05, 3.63) is 23.8 Å². The first-order valence-electron chi connectivity index (χ1n) is 5.82. The lowest BCUT2D eigenvalue weighted by molar-refractivity contribution is 0.757. The van der Waals surface area contributed by atoms with Crippen molar-refractivity contribution in [1.29, 1.82) is 5.26 Å². The van der Waals surface area contributed by atoms with Crippen LogP contribution in [-0.2, 0) is 0 Å². The van der Waals surface area contributed by atoms with E-state index >= 15 is 0 Å². The Balaban J connectivity index is 2.06. The second-order valence-corrected chi connectivity index (χ2v) is 5.56. The molecule has 1 aliphatic rings. The zero-order chi connectivity index (χ0) is 12.3. The summed E-state index contributed by atoms with van der Waals surface area (Å²) in [7, 11) is 0. The van der Waals surface area contributed by atoms with Crippen LogP contribution >= 0.6 is 11.8 Å². The van der Waals surface area contributed by atoms with E-state index in [4.69, 9.17) is 11.0 Å². The number of nitrogens with one attached hydrogen (secondary N) is 1. The van der Waals surface area contributed by atoms with Gasteiger partial charge in [0.05, 0.1) is 23.0 Å². The van der Waals surface area contributed by atoms with E-state index in [1.54, 1.807) is 12.1 Å². The highest BCUT2D eigenvalue weighted by Crippen LogP contribution is 2.31. The molecule has 1 aliphatic carbocycles. The standard InChI is InChI=1S/C13H17N3S/c1-17-11-4-3-10(7-11)16-13-6-9(8-14)2-5-12(13)15/h2,5-6,10-11,16H,3-4,7,15H2,1H3. The first-order chi connectivity index (χ1) is 8.22. The average Bonchev–Trinajstić information content (AvgIpc) is 2.80. The second kappa shape index (κ2) is 5.33. The molecular weight excluding hydrogens is 230 g/mol. The third-order valence-electron chi connectivity index (χ3n) is 3.26. The molecular formula is C13H17N3S. The van der Waals surface area contributed by atoms with Gasteiger partial charge in [-0.2, -0.15) is 17.0 Å². The van der Waals surface area contributed by atoms with Crippen LogP contribution in [-0.4, -0.2) is 17.5 Å². The molecule has 4 heteroatoms. The summed E-state index contributed by atoms with van der Waals surface area (Å²) in [4.78, 5) is 0. The summed E-state index contributed by atoms with van der Waals surface area (Å²) in [5.74, 6) is 0. The summed E-state index contributed by atoms with van der Waals surface area (Å²) in [6, 6.07) is 8.01. The van der Waals surface area contributed by atoms with Crippen molar-refractivity contribution in [2.45, 2.75) is 30.6 Å². The molecule has 1 aromatic carbocycles. The number of anilines is 2. The van der Waals surface area contributed by atoms with E-state index in [2.05, 4.69) is 17.6 Å². The number of hydrogen-bond donors (Lipinski definition) is 2. The molecule has 2 unspecified atom stereocenters. The minimum absolute atomic E-state index is 0.490. The SMILES string of the molecule is CSC1CCC(Nc2cc(C#N)ccc2N)C1. The van der Waals surface area contributed by atoms with Crippen molar-refractivity contribution in [1.82, 2.24) is 0 Å². The molecule has 3 N–H and O–H groups in total. The lowest BCUT2D eigenvalue weighted by Crippen LogP contribution is -2.17. The summed E-state index contributed by atoms with van der Waals surface area (Å²) in [5.41, 5.74) is 8.18. The first-order valence-corrected chi connectivity index (χ1v) is 7.10. The Morgan fingerprint density at radius 2 is 2.29 bits per heavy atom. The van der Waals surface area contributed by atoms with Gasteiger partial charge in [0.2, 0.25) is 0 Å². The van der Waals surface area contributed by atoms with E-state index in [9.17, 15) is 0 Å². The third-order valence-corrected chi connectivity index (χ3v) is 4.35. The number of thioether (sulfide) groups is 1. The van der Waals surface area contributed by atoms with E-state index in [0.717, 1.165) is 16.6 Å². The van der Waals surface area contributed by atoms with Gasteiger partial charge < -0.3 is 11.1 Å². The molecule has 0 radical (unpaired) electrons. The zero-order valence-electron chi connectivity index (χ0n) is 9.94. The van der Waals surface area contributed by atoms with Gasteiger partial charge in [-0.3, -0.25) is 0 Å². The Hall–Kier alpha value is -1.34. The van der Waals surface area contributed by atoms with Crippen LogP contribution < -0.4 is 11.1 Å². The Kier molecular flexibility index (Phi) is 3.80. The summed E-state index contributed by atoms with van der Waals surface area (Å²) in [6.45, 7) is 0. The molecule has 1 saturated carbocycles. The van der Waals surface area contributed by atoms with Gasteiger partial charge >= 0.3 is 0 Å². The van der Waals surface area contributed by atoms with Gasteiger partial charge in [0.15, 0.2) is 0 Å². The largest absolute Gasteiger partial charge is 0.397 e. The molecule has 2 atom stereocenters. The van der Waals surface area contributed by atoms with Crippen LogP contribution in [0.25, 0.3) is 0 Å². The Morgan fingerprint density at radius 3 is 2.94 bits per heavy atom. The van der Waals surface area contributed by atoms with Gasteiger partial charge in [-0.1, -0.05) is 0 Å². The number of nitrogens with zero attached hydrogens (tertiary/aromatic N) is 1. The predicted molar refractivity (Wildman–Crippen MR) is 74.1 cm³/mol. The number of rotatable bonds is 3. The highest BCUT2D eigenvalue weighted by atomic mass is 32.2. The van der Waals surface area contributed by atoms with Crippen LogP contribution in [0.1, 0.15) is 24.8 Å². The topological polar surface area (TPSA) is 61.8 Å². The second-order valence-electron chi connectivity index (χ2n) is 4.43. The fourth-order valence-electron chi connectivity index (χ4n) is 2.26. The molecule has 0 aromatic heterocycles. The third kappa shape index (κ3) is 2.86. The van der Waals surface area contributed by atoms with E-state index in [1.165, 1.54) is 19.3 Å². The van der Waals surface area contributed by atoms with Gasteiger partial charge in [-0.25, -0.2) is 0 Å². The summed E-state index contributed by atoms with van der Waals surface area (Å²) in [5, 5.41) is 13.1. The Morgan fingerprint density at radius 1 is 1.47 bits per heavy atom. The molecule has 0 saturated heterocycles. The molecule has 2 rings (SSSR count). The normalized spacial score (nSPS) is 23.3. The summed E-state index contributed by atoms with van der Waals surface area (Å²) >= 11 is 1.93. The maximum atomic E-state index is 8.87. The number of hydrogen-bond acceptors (Lipinski definition) is 4. The molecule has 17 heavy (non-hydrogen) atoms. The molecule has 90 valence electrons. The number of nitrogens with two attached hydrogens (primary N) is 1. The monoisotopic (exact) mass is 247 g/mol. The van der Waals surface area contributed by atoms with E-state index in [-0.39, 0.29) is 0 Å². The lowest BCUT2D eigenvalue weighted by Gasteiger charge is -2.16. The predicted octanol–water partition coefficient (Wildman–Crippen LogP) is 2.84. The number of benzene rings is 1. The Labute approximate surface area is 106 Å². The van der Waals surface area contributed by atoms with Crippen LogP contribution in [0, 0.1) is 11.3 Å². The maximum absolute atomic E-state index is 8.87. The van der Waals surface area contributed by atoms with Gasteiger partial charge in [-0.05, 0) is 43.7 Å². The molecule has 0 aliphatic heterocycles. The zero-order valence-corrected chi connectivity index (χ0v) is 10.8. The number of nitrogen functional groups attached to an aromatic ring is 1. The maximum Gasteiger partial charge on any atom is 0.0992 e. The molecule has 0 heterocycles. The van der Waals surface area contributed by atoms with Crippen LogP contribution in [0.15, 0.2) is 18.2 Å². The minimum Gasteiger partial charge on any atom is -0.397 e. The first kappa shape index (κ1) is 12.1. The molecule has 0 spiro atoms. The highest BCUT2D eigenvalue weighted by molar-refractivity contribution is 7.99. The van der Waals surface area contributed by atoms with Crippen LogP contribution in [0.3, 0.4) is 0 Å². The van der Waals surface area contributed by atoms with Gasteiger partial charge in [0, 0.05) is 11.3 Å². The molecule has 3 nitrogen and oxygen atoms in total. The van der Waals surface area contributed by atoms with Crippen molar-refractivity contribution < 1.29 is 0 Å². The average molecular weight is 247 g/mol. The Bertz CT molecular complexity index is 439. The van der Waals surface area contributed by atoms with Gasteiger partial charge in [0.1, 0.15) is 0 Å². The summed E-state index contributed by atoms with van der Waals surface area (Å²) in [6.07, 6.45) is 5.79. The van der Waals surface area contributed by atoms with Crippen LogP contribution in [0.2, 0.25) is 0 Å². The van der Waals surface area contributed by atoms with E-state index in [1.807, 2.05) is 17.8 Å². The highest BCUT2D eigenvalue weighted by Gasteiger charge is 2.24. The van der Waals surface area contributed by atoms with Crippen LogP contribution in [0.4, 0.5) is 11.4 Å². The van der Waals surface area contributed by atoms with Gasteiger partial charge in [0.25, 0.3) is 0 Å². The lowest BCUT2D eigenvalue weighted by atomic mass is 10.1. The van der Waals surface area contributed by atoms with Gasteiger partial charge in [-0.15, -0.1) is 0 Å². The molecule has 0 amide bonds. The van der Waals surface area contributed by atoms with Crippen LogP contribution in [0.5, 0.6) is 0 Å². The summed E-state index contributed by atoms with van der Waals surface area (Å²) < 4.78 is 0. The van der Waals surface area contributed by atoms with Crippen molar-refractivity contribution in [2.75, 3.05) is 17.3 Å². The van der Waals surface area contributed by atoms with Crippen molar-refractivity contribution >= 4 is 23.1 Å². The fraction of sp³-hybridized carbons (Fsp3) is 0.462.